The van der Waals surface area contributed by atoms with Crippen molar-refractivity contribution < 1.29 is 28.6 Å². The molecule has 0 amide bonds. The molecule has 0 aliphatic carbocycles. The maximum atomic E-state index is 12.6. The number of carbonyl (C=O) groups excluding carboxylic acids is 3. The van der Waals surface area contributed by atoms with Crippen molar-refractivity contribution in [1.82, 2.24) is 4.90 Å². The Hall–Kier alpha value is -2.15. The zero-order valence-electron chi connectivity index (χ0n) is 35.4. The fourth-order valence-corrected chi connectivity index (χ4v) is 7.01. The lowest BCUT2D eigenvalue weighted by molar-refractivity contribution is -0.167. The molecule has 0 N–H and O–H groups in total. The molecule has 0 aromatic carbocycles. The van der Waals surface area contributed by atoms with Gasteiger partial charge >= 0.3 is 17.9 Å². The molecule has 7 heteroatoms. The minimum atomic E-state index is -0.777. The van der Waals surface area contributed by atoms with Crippen LogP contribution in [0.2, 0.25) is 0 Å². The smallest absolute Gasteiger partial charge is 0.306 e. The SMILES string of the molecule is CCCCCCCC/C=C\CCCCCCCC(=O)OCC(COC(=O)CCCCCCC/C=C\CCCCCCCC)OC(=O)CCCN1CCCC1. The van der Waals surface area contributed by atoms with Gasteiger partial charge in [0.15, 0.2) is 6.10 Å². The molecule has 54 heavy (non-hydrogen) atoms. The van der Waals surface area contributed by atoms with E-state index in [1.54, 1.807) is 0 Å². The van der Waals surface area contributed by atoms with Crippen LogP contribution in [0, 0.1) is 0 Å². The summed E-state index contributed by atoms with van der Waals surface area (Å²) in [5.41, 5.74) is 0. The maximum absolute atomic E-state index is 12.6. The lowest BCUT2D eigenvalue weighted by Gasteiger charge is -2.19. The largest absolute Gasteiger partial charge is 0.462 e. The Morgan fingerprint density at radius 2 is 0.815 bits per heavy atom. The fourth-order valence-electron chi connectivity index (χ4n) is 7.01. The van der Waals surface area contributed by atoms with Crippen LogP contribution in [0.4, 0.5) is 0 Å². The molecule has 0 bridgehead atoms. The summed E-state index contributed by atoms with van der Waals surface area (Å²) in [7, 11) is 0. The summed E-state index contributed by atoms with van der Waals surface area (Å²) < 4.78 is 16.7. The third kappa shape index (κ3) is 34.3. The second-order valence-corrected chi connectivity index (χ2v) is 15.8. The van der Waals surface area contributed by atoms with Gasteiger partial charge in [-0.25, -0.2) is 0 Å². The van der Waals surface area contributed by atoms with Crippen molar-refractivity contribution in [3.8, 4) is 0 Å². The summed E-state index contributed by atoms with van der Waals surface area (Å²) in [5, 5.41) is 0. The van der Waals surface area contributed by atoms with E-state index >= 15 is 0 Å². The predicted molar refractivity (Wildman–Crippen MR) is 226 cm³/mol. The number of allylic oxidation sites excluding steroid dienone is 4. The van der Waals surface area contributed by atoms with Crippen molar-refractivity contribution in [3.63, 3.8) is 0 Å². The molecule has 0 aromatic rings. The minimum absolute atomic E-state index is 0.0809. The van der Waals surface area contributed by atoms with E-state index < -0.39 is 6.10 Å². The number of hydrogen-bond donors (Lipinski definition) is 0. The summed E-state index contributed by atoms with van der Waals surface area (Å²) in [6, 6.07) is 0. The van der Waals surface area contributed by atoms with Crippen LogP contribution in [0.1, 0.15) is 219 Å². The van der Waals surface area contributed by atoms with Crippen LogP contribution >= 0.6 is 0 Å². The number of carbonyl (C=O) groups is 3. The van der Waals surface area contributed by atoms with E-state index in [-0.39, 0.29) is 31.1 Å². The van der Waals surface area contributed by atoms with Crippen LogP contribution in [0.5, 0.6) is 0 Å². The second kappa shape index (κ2) is 39.1. The number of esters is 3. The highest BCUT2D eigenvalue weighted by Gasteiger charge is 2.20. The number of unbranched alkanes of at least 4 members (excludes halogenated alkanes) is 22. The van der Waals surface area contributed by atoms with Gasteiger partial charge in [-0.15, -0.1) is 0 Å². The van der Waals surface area contributed by atoms with Gasteiger partial charge in [0.1, 0.15) is 13.2 Å². The molecule has 7 nitrogen and oxygen atoms in total. The molecule has 1 aliphatic rings. The van der Waals surface area contributed by atoms with Crippen molar-refractivity contribution in [3.05, 3.63) is 24.3 Å². The first kappa shape index (κ1) is 49.9. The van der Waals surface area contributed by atoms with E-state index in [1.807, 2.05) is 0 Å². The first-order valence-corrected chi connectivity index (χ1v) is 23.1. The van der Waals surface area contributed by atoms with Gasteiger partial charge in [-0.3, -0.25) is 14.4 Å². The molecular formula is C47H85NO6. The Morgan fingerprint density at radius 1 is 0.463 bits per heavy atom. The van der Waals surface area contributed by atoms with Crippen LogP contribution in [0.3, 0.4) is 0 Å². The van der Waals surface area contributed by atoms with Crippen LogP contribution in [0.15, 0.2) is 24.3 Å². The Labute approximate surface area is 333 Å². The van der Waals surface area contributed by atoms with Crippen molar-refractivity contribution >= 4 is 17.9 Å². The molecule has 0 spiro atoms. The fraction of sp³-hybridized carbons (Fsp3) is 0.851. The van der Waals surface area contributed by atoms with Crippen LogP contribution in [0.25, 0.3) is 0 Å². The summed E-state index contributed by atoms with van der Waals surface area (Å²) in [6.07, 6.45) is 44.1. The van der Waals surface area contributed by atoms with E-state index in [9.17, 15) is 14.4 Å². The van der Waals surface area contributed by atoms with E-state index in [0.29, 0.717) is 19.3 Å². The molecule has 0 radical (unpaired) electrons. The molecule has 1 aliphatic heterocycles. The Morgan fingerprint density at radius 3 is 1.22 bits per heavy atom. The van der Waals surface area contributed by atoms with E-state index in [0.717, 1.165) is 77.4 Å². The molecule has 1 heterocycles. The maximum Gasteiger partial charge on any atom is 0.306 e. The third-order valence-corrected chi connectivity index (χ3v) is 10.5. The van der Waals surface area contributed by atoms with E-state index in [4.69, 9.17) is 14.2 Å². The van der Waals surface area contributed by atoms with Gasteiger partial charge in [-0.05, 0) is 103 Å². The van der Waals surface area contributed by atoms with Crippen LogP contribution < -0.4 is 0 Å². The average Bonchev–Trinajstić information content (AvgIpc) is 3.69. The summed E-state index contributed by atoms with van der Waals surface area (Å²) in [5.74, 6) is -0.912. The monoisotopic (exact) mass is 760 g/mol. The highest BCUT2D eigenvalue weighted by atomic mass is 16.6. The highest BCUT2D eigenvalue weighted by Crippen LogP contribution is 2.14. The molecule has 0 atom stereocenters. The summed E-state index contributed by atoms with van der Waals surface area (Å²) in [4.78, 5) is 40.0. The Kier molecular flexibility index (Phi) is 36.1. The molecule has 0 aromatic heterocycles. The zero-order valence-corrected chi connectivity index (χ0v) is 35.4. The van der Waals surface area contributed by atoms with E-state index in [1.165, 1.54) is 128 Å². The lowest BCUT2D eigenvalue weighted by Crippen LogP contribution is -2.31. The quantitative estimate of drug-likeness (QED) is 0.0267. The predicted octanol–water partition coefficient (Wildman–Crippen LogP) is 12.9. The molecule has 314 valence electrons. The van der Waals surface area contributed by atoms with Gasteiger partial charge in [-0.1, -0.05) is 141 Å². The van der Waals surface area contributed by atoms with Gasteiger partial charge in [-0.2, -0.15) is 0 Å². The molecular weight excluding hydrogens is 675 g/mol. The molecule has 1 fully saturated rings. The molecule has 1 saturated heterocycles. The molecule has 0 unspecified atom stereocenters. The summed E-state index contributed by atoms with van der Waals surface area (Å²) >= 11 is 0. The van der Waals surface area contributed by atoms with Crippen LogP contribution in [-0.4, -0.2) is 61.8 Å². The van der Waals surface area contributed by atoms with Gasteiger partial charge in [0.05, 0.1) is 0 Å². The average molecular weight is 760 g/mol. The second-order valence-electron chi connectivity index (χ2n) is 15.8. The number of hydrogen-bond acceptors (Lipinski definition) is 7. The zero-order chi connectivity index (χ0) is 39.0. The first-order valence-electron chi connectivity index (χ1n) is 23.1. The molecule has 0 saturated carbocycles. The minimum Gasteiger partial charge on any atom is -0.462 e. The number of likely N-dealkylation sites (tertiary alicyclic amines) is 1. The van der Waals surface area contributed by atoms with Crippen molar-refractivity contribution in [2.45, 2.75) is 225 Å². The normalized spacial score (nSPS) is 13.5. The number of rotatable bonds is 39. The Balaban J connectivity index is 2.21. The number of ether oxygens (including phenoxy) is 3. The third-order valence-electron chi connectivity index (χ3n) is 10.5. The van der Waals surface area contributed by atoms with Crippen molar-refractivity contribution in [2.75, 3.05) is 32.8 Å². The first-order chi connectivity index (χ1) is 26.5. The molecule has 1 rings (SSSR count). The van der Waals surface area contributed by atoms with Gasteiger partial charge in [0.25, 0.3) is 0 Å². The number of nitrogens with zero attached hydrogens (tertiary/aromatic N) is 1. The van der Waals surface area contributed by atoms with Crippen molar-refractivity contribution in [1.29, 1.82) is 0 Å². The van der Waals surface area contributed by atoms with Gasteiger partial charge < -0.3 is 19.1 Å². The lowest BCUT2D eigenvalue weighted by atomic mass is 10.1. The Bertz CT molecular complexity index is 871. The highest BCUT2D eigenvalue weighted by molar-refractivity contribution is 5.71. The van der Waals surface area contributed by atoms with Crippen molar-refractivity contribution in [2.24, 2.45) is 0 Å². The van der Waals surface area contributed by atoms with Gasteiger partial charge in [0, 0.05) is 19.3 Å². The van der Waals surface area contributed by atoms with Gasteiger partial charge in [0.2, 0.25) is 0 Å². The summed E-state index contributed by atoms with van der Waals surface area (Å²) in [6.45, 7) is 7.43. The standard InChI is InChI=1S/C47H85NO6/c1-3-5-7-9-11-13-15-17-19-21-23-25-27-29-31-36-45(49)52-42-44(54-47(51)38-35-41-48-39-33-34-40-48)43-53-46(50)37-32-30-28-26-24-22-20-18-16-14-12-10-8-6-4-2/h17-20,44H,3-16,21-43H2,1-2H3/b19-17-,20-18-. The topological polar surface area (TPSA) is 82.1 Å². The van der Waals surface area contributed by atoms with Crippen LogP contribution in [-0.2, 0) is 28.6 Å². The van der Waals surface area contributed by atoms with E-state index in [2.05, 4.69) is 43.1 Å².